The Morgan fingerprint density at radius 1 is 1.36 bits per heavy atom. The number of fused-ring (bicyclic) bond motifs is 1. The van der Waals surface area contributed by atoms with Crippen LogP contribution in [-0.4, -0.2) is 23.8 Å². The van der Waals surface area contributed by atoms with Gasteiger partial charge < -0.3 is 10.4 Å². The Labute approximate surface area is 133 Å². The molecule has 1 aromatic carbocycles. The molecule has 1 aliphatic rings. The number of rotatable bonds is 5. The van der Waals surface area contributed by atoms with Gasteiger partial charge in [-0.1, -0.05) is 31.0 Å². The fourth-order valence-electron chi connectivity index (χ4n) is 2.64. The van der Waals surface area contributed by atoms with Crippen LogP contribution in [0.1, 0.15) is 36.7 Å². The van der Waals surface area contributed by atoms with Gasteiger partial charge in [0.2, 0.25) is 0 Å². The molecule has 1 aromatic heterocycles. The van der Waals surface area contributed by atoms with Gasteiger partial charge in [0.05, 0.1) is 12.6 Å². The average molecular weight is 320 g/mol. The normalized spacial score (nSPS) is 16.8. The molecule has 0 spiro atoms. The minimum Gasteiger partial charge on any atom is -0.386 e. The minimum absolute atomic E-state index is 0.123. The van der Waals surface area contributed by atoms with Crippen LogP contribution in [0, 0.1) is 0 Å². The van der Waals surface area contributed by atoms with Crippen LogP contribution >= 0.6 is 11.3 Å². The maximum absolute atomic E-state index is 11.7. The van der Waals surface area contributed by atoms with Gasteiger partial charge >= 0.3 is 6.03 Å². The van der Waals surface area contributed by atoms with Gasteiger partial charge in [-0.25, -0.2) is 10.3 Å². The quantitative estimate of drug-likeness (QED) is 0.741. The van der Waals surface area contributed by atoms with Crippen molar-refractivity contribution < 1.29 is 14.7 Å². The summed E-state index contributed by atoms with van der Waals surface area (Å²) >= 11 is 1.54. The number of hydrogen-bond donors (Lipinski definition) is 3. The summed E-state index contributed by atoms with van der Waals surface area (Å²) in [5, 5.41) is 13.9. The highest BCUT2D eigenvalue weighted by molar-refractivity contribution is 7.19. The number of carbonyl (C=O) groups excluding carboxylic acids is 1. The van der Waals surface area contributed by atoms with E-state index in [9.17, 15) is 9.90 Å². The lowest BCUT2D eigenvalue weighted by molar-refractivity contribution is -0.000397. The standard InChI is InChI=1S/C16H20N2O3S/c19-13(15-9-11-5-1-4-8-14(11)22-15)10-17-16(20)18-21-12-6-2-3-7-12/h1,4-5,8-9,12-13,19H,2-3,6-7,10H2,(H2,17,18,20). The molecule has 1 heterocycles. The molecule has 6 heteroatoms. The zero-order valence-corrected chi connectivity index (χ0v) is 13.1. The van der Waals surface area contributed by atoms with E-state index in [4.69, 9.17) is 4.84 Å². The molecule has 0 radical (unpaired) electrons. The second-order valence-corrected chi connectivity index (χ2v) is 6.65. The molecule has 0 saturated heterocycles. The summed E-state index contributed by atoms with van der Waals surface area (Å²) in [5.74, 6) is 0. The summed E-state index contributed by atoms with van der Waals surface area (Å²) in [5.41, 5.74) is 2.40. The largest absolute Gasteiger partial charge is 0.386 e. The van der Waals surface area contributed by atoms with E-state index in [1.54, 1.807) is 0 Å². The topological polar surface area (TPSA) is 70.6 Å². The number of thiophene rings is 1. The molecular weight excluding hydrogens is 300 g/mol. The molecule has 2 aromatic rings. The molecule has 2 amide bonds. The second kappa shape index (κ2) is 7.09. The molecule has 1 atom stereocenters. The molecule has 3 rings (SSSR count). The Bertz CT molecular complexity index is 604. The van der Waals surface area contributed by atoms with Crippen molar-refractivity contribution in [2.75, 3.05) is 6.54 Å². The summed E-state index contributed by atoms with van der Waals surface area (Å²) in [7, 11) is 0. The smallest absolute Gasteiger partial charge is 0.338 e. The first-order valence-corrected chi connectivity index (χ1v) is 8.40. The van der Waals surface area contributed by atoms with Crippen molar-refractivity contribution in [3.05, 3.63) is 35.2 Å². The Hall–Kier alpha value is -1.63. The Morgan fingerprint density at radius 3 is 2.91 bits per heavy atom. The lowest BCUT2D eigenvalue weighted by Crippen LogP contribution is -2.39. The van der Waals surface area contributed by atoms with Crippen molar-refractivity contribution in [1.82, 2.24) is 10.8 Å². The van der Waals surface area contributed by atoms with Gasteiger partial charge in [-0.15, -0.1) is 11.3 Å². The summed E-state index contributed by atoms with van der Waals surface area (Å²) in [6.07, 6.45) is 3.69. The van der Waals surface area contributed by atoms with Crippen molar-refractivity contribution in [2.45, 2.75) is 37.9 Å². The SMILES string of the molecule is O=C(NCC(O)c1cc2ccccc2s1)NOC1CCCC1. The monoisotopic (exact) mass is 320 g/mol. The Morgan fingerprint density at radius 2 is 2.14 bits per heavy atom. The number of aliphatic hydroxyl groups is 1. The highest BCUT2D eigenvalue weighted by Crippen LogP contribution is 2.29. The lowest BCUT2D eigenvalue weighted by Gasteiger charge is -2.13. The average Bonchev–Trinajstić information content (AvgIpc) is 3.19. The van der Waals surface area contributed by atoms with Gasteiger partial charge in [-0.3, -0.25) is 4.84 Å². The Balaban J connectivity index is 1.46. The van der Waals surface area contributed by atoms with E-state index >= 15 is 0 Å². The van der Waals surface area contributed by atoms with Gasteiger partial charge in [0.1, 0.15) is 6.10 Å². The maximum atomic E-state index is 11.7. The van der Waals surface area contributed by atoms with Crippen molar-refractivity contribution in [2.24, 2.45) is 0 Å². The summed E-state index contributed by atoms with van der Waals surface area (Å²) < 4.78 is 1.13. The van der Waals surface area contributed by atoms with Gasteiger partial charge in [0, 0.05) is 9.58 Å². The van der Waals surface area contributed by atoms with E-state index < -0.39 is 12.1 Å². The summed E-state index contributed by atoms with van der Waals surface area (Å²) in [6, 6.07) is 9.52. The number of amides is 2. The molecule has 1 aliphatic carbocycles. The molecule has 1 saturated carbocycles. The first-order chi connectivity index (χ1) is 10.7. The van der Waals surface area contributed by atoms with Crippen molar-refractivity contribution in [3.63, 3.8) is 0 Å². The van der Waals surface area contributed by atoms with E-state index in [0.29, 0.717) is 0 Å². The lowest BCUT2D eigenvalue weighted by atomic mass is 10.2. The van der Waals surface area contributed by atoms with Crippen LogP contribution in [0.3, 0.4) is 0 Å². The fourth-order valence-corrected chi connectivity index (χ4v) is 3.69. The zero-order chi connectivity index (χ0) is 15.4. The van der Waals surface area contributed by atoms with Gasteiger partial charge in [-0.2, -0.15) is 0 Å². The number of aliphatic hydroxyl groups excluding tert-OH is 1. The summed E-state index contributed by atoms with van der Waals surface area (Å²) in [4.78, 5) is 17.8. The third-order valence-electron chi connectivity index (χ3n) is 3.85. The van der Waals surface area contributed by atoms with E-state index in [1.807, 2.05) is 30.3 Å². The van der Waals surface area contributed by atoms with Crippen LogP contribution in [0.5, 0.6) is 0 Å². The zero-order valence-electron chi connectivity index (χ0n) is 12.2. The van der Waals surface area contributed by atoms with Gasteiger partial charge in [-0.05, 0) is 30.4 Å². The van der Waals surface area contributed by atoms with Crippen LogP contribution in [0.2, 0.25) is 0 Å². The van der Waals surface area contributed by atoms with E-state index in [1.165, 1.54) is 11.3 Å². The number of carbonyl (C=O) groups is 1. The second-order valence-electron chi connectivity index (χ2n) is 5.54. The third-order valence-corrected chi connectivity index (χ3v) is 5.07. The first-order valence-electron chi connectivity index (χ1n) is 7.58. The first kappa shape index (κ1) is 15.3. The molecule has 118 valence electrons. The minimum atomic E-state index is -0.713. The predicted molar refractivity (Wildman–Crippen MR) is 86.7 cm³/mol. The Kier molecular flexibility index (Phi) is 4.92. The highest BCUT2D eigenvalue weighted by atomic mass is 32.1. The van der Waals surface area contributed by atoms with Crippen LogP contribution in [0.4, 0.5) is 4.79 Å². The number of benzene rings is 1. The molecule has 1 unspecified atom stereocenters. The molecule has 1 fully saturated rings. The number of hydroxylamine groups is 1. The maximum Gasteiger partial charge on any atom is 0.338 e. The molecular formula is C16H20N2O3S. The number of hydrogen-bond acceptors (Lipinski definition) is 4. The predicted octanol–water partition coefficient (Wildman–Crippen LogP) is 3.11. The van der Waals surface area contributed by atoms with Crippen molar-refractivity contribution in [3.8, 4) is 0 Å². The molecule has 5 nitrogen and oxygen atoms in total. The molecule has 0 aliphatic heterocycles. The van der Waals surface area contributed by atoms with Gasteiger partial charge in [0.15, 0.2) is 0 Å². The van der Waals surface area contributed by atoms with Crippen LogP contribution in [-0.2, 0) is 4.84 Å². The molecule has 0 bridgehead atoms. The van der Waals surface area contributed by atoms with E-state index in [2.05, 4.69) is 10.8 Å². The van der Waals surface area contributed by atoms with Gasteiger partial charge in [0.25, 0.3) is 0 Å². The van der Waals surface area contributed by atoms with Crippen molar-refractivity contribution >= 4 is 27.5 Å². The number of urea groups is 1. The van der Waals surface area contributed by atoms with E-state index in [-0.39, 0.29) is 12.6 Å². The van der Waals surface area contributed by atoms with Crippen LogP contribution in [0.15, 0.2) is 30.3 Å². The van der Waals surface area contributed by atoms with Crippen molar-refractivity contribution in [1.29, 1.82) is 0 Å². The molecule has 22 heavy (non-hydrogen) atoms. The summed E-state index contributed by atoms with van der Waals surface area (Å²) in [6.45, 7) is 0.159. The third kappa shape index (κ3) is 3.76. The van der Waals surface area contributed by atoms with Crippen LogP contribution < -0.4 is 10.8 Å². The molecule has 3 N–H and O–H groups in total. The highest BCUT2D eigenvalue weighted by Gasteiger charge is 2.17. The van der Waals surface area contributed by atoms with E-state index in [0.717, 1.165) is 40.6 Å². The van der Waals surface area contributed by atoms with Crippen LogP contribution in [0.25, 0.3) is 10.1 Å². The number of nitrogens with one attached hydrogen (secondary N) is 2. The fraction of sp³-hybridized carbons (Fsp3) is 0.438.